The van der Waals surface area contributed by atoms with Gasteiger partial charge in [0.1, 0.15) is 0 Å². The summed E-state index contributed by atoms with van der Waals surface area (Å²) in [4.78, 5) is 0. The molecule has 0 aliphatic carbocycles. The van der Waals surface area contributed by atoms with Gasteiger partial charge in [-0.3, -0.25) is 0 Å². The SMILES string of the molecule is CCNCC(CCc1ccsc1)Cc1ccccc1Cl. The maximum atomic E-state index is 6.28. The summed E-state index contributed by atoms with van der Waals surface area (Å²) in [7, 11) is 0. The van der Waals surface area contributed by atoms with Crippen molar-refractivity contribution in [2.45, 2.75) is 26.2 Å². The minimum absolute atomic E-state index is 0.634. The lowest BCUT2D eigenvalue weighted by Gasteiger charge is -2.18. The van der Waals surface area contributed by atoms with Crippen molar-refractivity contribution < 1.29 is 0 Å². The highest BCUT2D eigenvalue weighted by molar-refractivity contribution is 7.07. The van der Waals surface area contributed by atoms with Crippen LogP contribution in [0.3, 0.4) is 0 Å². The molecule has 0 fully saturated rings. The Balaban J connectivity index is 1.94. The maximum absolute atomic E-state index is 6.28. The van der Waals surface area contributed by atoms with Gasteiger partial charge in [0.05, 0.1) is 0 Å². The third kappa shape index (κ3) is 4.93. The van der Waals surface area contributed by atoms with Crippen molar-refractivity contribution in [1.29, 1.82) is 0 Å². The van der Waals surface area contributed by atoms with Gasteiger partial charge < -0.3 is 5.32 Å². The molecule has 1 unspecified atom stereocenters. The molecule has 0 spiro atoms. The average molecular weight is 308 g/mol. The summed E-state index contributed by atoms with van der Waals surface area (Å²) >= 11 is 8.06. The molecule has 1 aromatic carbocycles. The van der Waals surface area contributed by atoms with Crippen LogP contribution in [0.4, 0.5) is 0 Å². The number of aryl methyl sites for hydroxylation is 1. The van der Waals surface area contributed by atoms with Crippen LogP contribution in [0.5, 0.6) is 0 Å². The van der Waals surface area contributed by atoms with Crippen LogP contribution in [-0.2, 0) is 12.8 Å². The molecule has 0 saturated carbocycles. The van der Waals surface area contributed by atoms with Crippen LogP contribution in [0.25, 0.3) is 0 Å². The Hall–Kier alpha value is -0.830. The molecule has 1 nitrogen and oxygen atoms in total. The molecule has 3 heteroatoms. The summed E-state index contributed by atoms with van der Waals surface area (Å²) in [6.45, 7) is 4.24. The lowest BCUT2D eigenvalue weighted by Crippen LogP contribution is -2.24. The Morgan fingerprint density at radius 3 is 2.80 bits per heavy atom. The van der Waals surface area contributed by atoms with E-state index in [1.807, 2.05) is 12.1 Å². The smallest absolute Gasteiger partial charge is 0.0438 e. The third-order valence-electron chi connectivity index (χ3n) is 3.57. The van der Waals surface area contributed by atoms with Gasteiger partial charge in [-0.1, -0.05) is 36.7 Å². The van der Waals surface area contributed by atoms with E-state index in [0.29, 0.717) is 5.92 Å². The standard InChI is InChI=1S/C17H22ClNS/c1-2-19-12-15(8-7-14-9-10-20-13-14)11-16-5-3-4-6-17(16)18/h3-6,9-10,13,15,19H,2,7-8,11-12H2,1H3. The first-order valence-electron chi connectivity index (χ1n) is 7.24. The van der Waals surface area contributed by atoms with Crippen LogP contribution in [0.1, 0.15) is 24.5 Å². The Kier molecular flexibility index (Phi) is 6.58. The van der Waals surface area contributed by atoms with E-state index in [9.17, 15) is 0 Å². The van der Waals surface area contributed by atoms with Crippen LogP contribution in [0.2, 0.25) is 5.02 Å². The summed E-state index contributed by atoms with van der Waals surface area (Å²) in [6.07, 6.45) is 3.41. The van der Waals surface area contributed by atoms with Crippen LogP contribution >= 0.6 is 22.9 Å². The normalized spacial score (nSPS) is 12.5. The highest BCUT2D eigenvalue weighted by atomic mass is 35.5. The largest absolute Gasteiger partial charge is 0.317 e. The molecule has 2 aromatic rings. The van der Waals surface area contributed by atoms with Crippen molar-refractivity contribution in [3.8, 4) is 0 Å². The highest BCUT2D eigenvalue weighted by Crippen LogP contribution is 2.22. The molecule has 1 heterocycles. The molecule has 108 valence electrons. The van der Waals surface area contributed by atoms with E-state index in [0.717, 1.165) is 31.0 Å². The fourth-order valence-electron chi connectivity index (χ4n) is 2.41. The Labute approximate surface area is 131 Å². The first kappa shape index (κ1) is 15.6. The van der Waals surface area contributed by atoms with Gasteiger partial charge >= 0.3 is 0 Å². The zero-order valence-corrected chi connectivity index (χ0v) is 13.5. The molecular formula is C17H22ClNS. The summed E-state index contributed by atoms with van der Waals surface area (Å²) < 4.78 is 0. The van der Waals surface area contributed by atoms with Gasteiger partial charge in [-0.05, 0) is 72.3 Å². The van der Waals surface area contributed by atoms with E-state index in [-0.39, 0.29) is 0 Å². The monoisotopic (exact) mass is 307 g/mol. The summed E-state index contributed by atoms with van der Waals surface area (Å²) in [5.41, 5.74) is 2.72. The predicted molar refractivity (Wildman–Crippen MR) is 89.8 cm³/mol. The van der Waals surface area contributed by atoms with Gasteiger partial charge in [0.15, 0.2) is 0 Å². The molecule has 2 rings (SSSR count). The second-order valence-electron chi connectivity index (χ2n) is 5.14. The molecule has 0 aliphatic rings. The molecule has 0 amide bonds. The van der Waals surface area contributed by atoms with Gasteiger partial charge in [-0.25, -0.2) is 0 Å². The van der Waals surface area contributed by atoms with Gasteiger partial charge in [0.2, 0.25) is 0 Å². The van der Waals surface area contributed by atoms with E-state index >= 15 is 0 Å². The Morgan fingerprint density at radius 1 is 1.25 bits per heavy atom. The number of rotatable bonds is 8. The second-order valence-corrected chi connectivity index (χ2v) is 6.33. The van der Waals surface area contributed by atoms with Crippen molar-refractivity contribution in [1.82, 2.24) is 5.32 Å². The molecule has 1 aromatic heterocycles. The third-order valence-corrected chi connectivity index (χ3v) is 4.67. The maximum Gasteiger partial charge on any atom is 0.0438 e. The summed E-state index contributed by atoms with van der Waals surface area (Å²) in [5, 5.41) is 8.78. The number of hydrogen-bond donors (Lipinski definition) is 1. The van der Waals surface area contributed by atoms with Crippen molar-refractivity contribution in [3.63, 3.8) is 0 Å². The molecule has 0 aliphatic heterocycles. The fraction of sp³-hybridized carbons (Fsp3) is 0.412. The highest BCUT2D eigenvalue weighted by Gasteiger charge is 2.11. The predicted octanol–water partition coefficient (Wildman–Crippen LogP) is 4.80. The molecule has 0 bridgehead atoms. The lowest BCUT2D eigenvalue weighted by molar-refractivity contribution is 0.449. The van der Waals surface area contributed by atoms with Gasteiger partial charge in [-0.2, -0.15) is 11.3 Å². The Morgan fingerprint density at radius 2 is 2.10 bits per heavy atom. The van der Waals surface area contributed by atoms with Crippen molar-refractivity contribution in [2.75, 3.05) is 13.1 Å². The van der Waals surface area contributed by atoms with Crippen LogP contribution in [-0.4, -0.2) is 13.1 Å². The molecular weight excluding hydrogens is 286 g/mol. The van der Waals surface area contributed by atoms with Gasteiger partial charge in [-0.15, -0.1) is 0 Å². The van der Waals surface area contributed by atoms with Gasteiger partial charge in [0, 0.05) is 5.02 Å². The molecule has 1 N–H and O–H groups in total. The van der Waals surface area contributed by atoms with Crippen molar-refractivity contribution in [3.05, 3.63) is 57.2 Å². The van der Waals surface area contributed by atoms with E-state index in [1.54, 1.807) is 11.3 Å². The topological polar surface area (TPSA) is 12.0 Å². The Bertz CT molecular complexity index is 495. The van der Waals surface area contributed by atoms with Crippen molar-refractivity contribution >= 4 is 22.9 Å². The zero-order chi connectivity index (χ0) is 14.2. The first-order chi connectivity index (χ1) is 9.79. The van der Waals surface area contributed by atoms with E-state index in [1.165, 1.54) is 17.5 Å². The fourth-order valence-corrected chi connectivity index (χ4v) is 3.32. The lowest BCUT2D eigenvalue weighted by atomic mass is 9.93. The quantitative estimate of drug-likeness (QED) is 0.738. The van der Waals surface area contributed by atoms with E-state index in [2.05, 4.69) is 41.2 Å². The first-order valence-corrected chi connectivity index (χ1v) is 8.57. The van der Waals surface area contributed by atoms with Gasteiger partial charge in [0.25, 0.3) is 0 Å². The van der Waals surface area contributed by atoms with E-state index < -0.39 is 0 Å². The molecule has 20 heavy (non-hydrogen) atoms. The number of hydrogen-bond acceptors (Lipinski definition) is 2. The van der Waals surface area contributed by atoms with Crippen molar-refractivity contribution in [2.24, 2.45) is 5.92 Å². The minimum atomic E-state index is 0.634. The second kappa shape index (κ2) is 8.46. The summed E-state index contributed by atoms with van der Waals surface area (Å²) in [5.74, 6) is 0.634. The van der Waals surface area contributed by atoms with Crippen LogP contribution < -0.4 is 5.32 Å². The number of benzene rings is 1. The van der Waals surface area contributed by atoms with Crippen LogP contribution in [0, 0.1) is 5.92 Å². The van der Waals surface area contributed by atoms with E-state index in [4.69, 9.17) is 11.6 Å². The molecule has 0 radical (unpaired) electrons. The average Bonchev–Trinajstić information content (AvgIpc) is 2.97. The summed E-state index contributed by atoms with van der Waals surface area (Å²) in [6, 6.07) is 10.4. The number of thiophene rings is 1. The number of halogens is 1. The molecule has 1 atom stereocenters. The molecule has 0 saturated heterocycles. The van der Waals surface area contributed by atoms with Crippen LogP contribution in [0.15, 0.2) is 41.1 Å². The zero-order valence-electron chi connectivity index (χ0n) is 11.9. The minimum Gasteiger partial charge on any atom is -0.317 e. The number of nitrogens with one attached hydrogen (secondary N) is 1.